The predicted octanol–water partition coefficient (Wildman–Crippen LogP) is 5.89. The van der Waals surface area contributed by atoms with E-state index in [0.29, 0.717) is 48.6 Å². The third-order valence-corrected chi connectivity index (χ3v) is 12.5. The molecule has 12 heteroatoms. The molecule has 1 fully saturated rings. The van der Waals surface area contributed by atoms with Crippen molar-refractivity contribution in [1.29, 1.82) is 0 Å². The average molecular weight is 681 g/mol. The number of aliphatic hydroxyl groups excluding tert-OH is 1. The molecule has 2 amide bonds. The lowest BCUT2D eigenvalue weighted by Crippen LogP contribution is -2.45. The first-order valence-electron chi connectivity index (χ1n) is 16.8. The van der Waals surface area contributed by atoms with E-state index in [-0.39, 0.29) is 24.8 Å². The fraction of sp³-hybridized carbons (Fsp3) is 0.351. The number of benzene rings is 3. The summed E-state index contributed by atoms with van der Waals surface area (Å²) >= 11 is 0. The molecule has 1 saturated heterocycles. The first-order chi connectivity index (χ1) is 23.6. The largest absolute Gasteiger partial charge is 0.396 e. The number of nitrogens with one attached hydrogen (secondary N) is 2. The standard InChI is InChI=1S/C37H41FN6O4Si/c1-24-35(49(2,3)38)33(15-17-43-23-28(16-18-45)41-42-43)48-37(24)30-20-27(40-34(46)19-26-21-39-31-12-8-7-11-29(26)31)13-14-32(30)44(36(37)47)22-25-9-5-4-6-10-25/h4-14,20-21,23-24,33,35,39,45H,15-19,22H2,1-3H3,(H,40,46)/t24-,33+,35-,37+/m1/s1. The van der Waals surface area contributed by atoms with Gasteiger partial charge in [-0.1, -0.05) is 60.7 Å². The first kappa shape index (κ1) is 32.9. The number of ether oxygens (including phenoxy) is 1. The third-order valence-electron chi connectivity index (χ3n) is 10.1. The van der Waals surface area contributed by atoms with Gasteiger partial charge in [0.1, 0.15) is 0 Å². The van der Waals surface area contributed by atoms with Crippen molar-refractivity contribution in [1.82, 2.24) is 20.0 Å². The molecule has 10 nitrogen and oxygen atoms in total. The predicted molar refractivity (Wildman–Crippen MR) is 188 cm³/mol. The molecule has 0 saturated carbocycles. The molecule has 0 bridgehead atoms. The first-order valence-corrected chi connectivity index (χ1v) is 19.8. The Hall–Kier alpha value is -4.65. The van der Waals surface area contributed by atoms with Gasteiger partial charge in [0.25, 0.3) is 5.91 Å². The molecule has 2 aromatic heterocycles. The highest BCUT2D eigenvalue weighted by Crippen LogP contribution is 2.60. The number of aromatic nitrogens is 4. The van der Waals surface area contributed by atoms with Gasteiger partial charge in [-0.15, -0.1) is 5.10 Å². The molecule has 0 radical (unpaired) electrons. The van der Waals surface area contributed by atoms with Crippen LogP contribution in [0.5, 0.6) is 0 Å². The van der Waals surface area contributed by atoms with Gasteiger partial charge < -0.3 is 29.2 Å². The van der Waals surface area contributed by atoms with Crippen LogP contribution in [0.4, 0.5) is 15.5 Å². The van der Waals surface area contributed by atoms with E-state index in [0.717, 1.165) is 22.0 Å². The zero-order chi connectivity index (χ0) is 34.3. The molecule has 3 N–H and O–H groups in total. The van der Waals surface area contributed by atoms with Crippen LogP contribution < -0.4 is 10.2 Å². The number of halogens is 1. The second-order valence-corrected chi connectivity index (χ2v) is 17.5. The molecule has 49 heavy (non-hydrogen) atoms. The average Bonchev–Trinajstić information content (AvgIpc) is 3.83. The summed E-state index contributed by atoms with van der Waals surface area (Å²) in [6.45, 7) is 6.02. The van der Waals surface area contributed by atoms with Crippen molar-refractivity contribution < 1.29 is 23.5 Å². The molecule has 5 aromatic rings. The number of para-hydroxylation sites is 1. The van der Waals surface area contributed by atoms with Crippen LogP contribution in [0.3, 0.4) is 0 Å². The molecule has 1 spiro atoms. The smallest absolute Gasteiger partial charge is 0.264 e. The van der Waals surface area contributed by atoms with Gasteiger partial charge in [0.05, 0.1) is 30.5 Å². The van der Waals surface area contributed by atoms with Gasteiger partial charge in [-0.25, -0.2) is 0 Å². The molecule has 3 aromatic carbocycles. The molecule has 2 aliphatic heterocycles. The number of carbonyl (C=O) groups is 2. The Morgan fingerprint density at radius 3 is 2.67 bits per heavy atom. The van der Waals surface area contributed by atoms with Gasteiger partial charge in [0.15, 0.2) is 5.60 Å². The number of anilines is 2. The lowest BCUT2D eigenvalue weighted by Gasteiger charge is -2.31. The highest BCUT2D eigenvalue weighted by Gasteiger charge is 2.66. The fourth-order valence-corrected chi connectivity index (χ4v) is 10.5. The second kappa shape index (κ2) is 13.0. The van der Waals surface area contributed by atoms with Crippen LogP contribution in [-0.2, 0) is 45.9 Å². The number of carbonyl (C=O) groups excluding carboxylic acids is 2. The molecule has 2 aliphatic rings. The van der Waals surface area contributed by atoms with Crippen molar-refractivity contribution in [3.8, 4) is 0 Å². The minimum atomic E-state index is -3.38. The normalized spacial score (nSPS) is 21.9. The Labute approximate surface area is 285 Å². The van der Waals surface area contributed by atoms with E-state index in [1.54, 1.807) is 28.9 Å². The van der Waals surface area contributed by atoms with Gasteiger partial charge in [-0.3, -0.25) is 14.3 Å². The number of aryl methyl sites for hydroxylation is 1. The van der Waals surface area contributed by atoms with E-state index in [1.807, 2.05) is 85.9 Å². The number of hydrogen-bond donors (Lipinski definition) is 3. The minimum absolute atomic E-state index is 0.0271. The third kappa shape index (κ3) is 6.09. The summed E-state index contributed by atoms with van der Waals surface area (Å²) in [5.41, 5.74) is 3.45. The maximum absolute atomic E-state index is 16.4. The monoisotopic (exact) mass is 680 g/mol. The van der Waals surface area contributed by atoms with Crippen LogP contribution in [0.1, 0.15) is 35.7 Å². The highest BCUT2D eigenvalue weighted by atomic mass is 28.4. The number of hydrogen-bond acceptors (Lipinski definition) is 6. The Bertz CT molecular complexity index is 1990. The molecule has 0 unspecified atom stereocenters. The lowest BCUT2D eigenvalue weighted by molar-refractivity contribution is -0.146. The quantitative estimate of drug-likeness (QED) is 0.118. The van der Waals surface area contributed by atoms with E-state index in [2.05, 4.69) is 20.6 Å². The summed E-state index contributed by atoms with van der Waals surface area (Å²) in [6, 6.07) is 23.1. The summed E-state index contributed by atoms with van der Waals surface area (Å²) in [5, 5.41) is 21.6. The van der Waals surface area contributed by atoms with Crippen LogP contribution in [0.15, 0.2) is 85.2 Å². The van der Waals surface area contributed by atoms with Crippen molar-refractivity contribution >= 4 is 42.5 Å². The number of H-pyrrole nitrogens is 1. The minimum Gasteiger partial charge on any atom is -0.396 e. The zero-order valence-electron chi connectivity index (χ0n) is 27.9. The van der Waals surface area contributed by atoms with Crippen molar-refractivity contribution in [2.75, 3.05) is 16.8 Å². The maximum atomic E-state index is 16.4. The lowest BCUT2D eigenvalue weighted by atomic mass is 9.82. The van der Waals surface area contributed by atoms with Gasteiger partial charge >= 0.3 is 0 Å². The molecule has 4 atom stereocenters. The highest BCUT2D eigenvalue weighted by molar-refractivity contribution is 6.72. The molecule has 0 aliphatic carbocycles. The topological polar surface area (TPSA) is 125 Å². The van der Waals surface area contributed by atoms with Crippen molar-refractivity contribution in [3.63, 3.8) is 0 Å². The van der Waals surface area contributed by atoms with E-state index in [9.17, 15) is 14.7 Å². The molecule has 7 rings (SSSR count). The number of aliphatic hydroxyl groups is 1. The summed E-state index contributed by atoms with van der Waals surface area (Å²) in [6.07, 6.45) is 4.08. The van der Waals surface area contributed by atoms with Crippen molar-refractivity contribution in [3.05, 3.63) is 108 Å². The van der Waals surface area contributed by atoms with Crippen LogP contribution in [0, 0.1) is 5.92 Å². The molecule has 254 valence electrons. The Kier molecular flexibility index (Phi) is 8.72. The van der Waals surface area contributed by atoms with Gasteiger partial charge in [-0.05, 0) is 54.9 Å². The number of aromatic amines is 1. The number of fused-ring (bicyclic) bond motifs is 3. The molecule has 4 heterocycles. The molecular formula is C37H41FN6O4Si. The number of amides is 2. The van der Waals surface area contributed by atoms with Crippen molar-refractivity contribution in [2.45, 2.75) is 69.6 Å². The SMILES string of the molecule is C[C@@H]1[C@@H]([Si](C)(C)F)[C@H](CCn2cc(CCO)nn2)O[C@@]12C(=O)N(Cc1ccccc1)c1ccc(NC(=O)Cc3c[nH]c4ccccc34)cc12. The van der Waals surface area contributed by atoms with E-state index < -0.39 is 31.6 Å². The van der Waals surface area contributed by atoms with Gasteiger partial charge in [0, 0.05) is 65.6 Å². The van der Waals surface area contributed by atoms with Crippen LogP contribution in [-0.4, -0.2) is 58.0 Å². The maximum Gasteiger partial charge on any atom is 0.264 e. The second-order valence-electron chi connectivity index (χ2n) is 13.7. The Balaban J connectivity index is 1.22. The Morgan fingerprint density at radius 2 is 1.90 bits per heavy atom. The van der Waals surface area contributed by atoms with E-state index in [1.165, 1.54) is 0 Å². The summed E-state index contributed by atoms with van der Waals surface area (Å²) < 4.78 is 25.0. The fourth-order valence-electron chi connectivity index (χ4n) is 7.91. The van der Waals surface area contributed by atoms with E-state index >= 15 is 4.11 Å². The number of rotatable bonds is 11. The summed E-state index contributed by atoms with van der Waals surface area (Å²) in [7, 11) is -3.38. The summed E-state index contributed by atoms with van der Waals surface area (Å²) in [4.78, 5) is 33.1. The van der Waals surface area contributed by atoms with Gasteiger partial charge in [0.2, 0.25) is 14.3 Å². The Morgan fingerprint density at radius 1 is 1.12 bits per heavy atom. The van der Waals surface area contributed by atoms with Crippen LogP contribution in [0.25, 0.3) is 10.9 Å². The van der Waals surface area contributed by atoms with Crippen LogP contribution >= 0.6 is 0 Å². The van der Waals surface area contributed by atoms with Gasteiger partial charge in [-0.2, -0.15) is 0 Å². The summed E-state index contributed by atoms with van der Waals surface area (Å²) in [5.74, 6) is -0.891. The van der Waals surface area contributed by atoms with Crippen LogP contribution in [0.2, 0.25) is 18.6 Å². The number of nitrogens with zero attached hydrogens (tertiary/aromatic N) is 4. The van der Waals surface area contributed by atoms with E-state index in [4.69, 9.17) is 4.74 Å². The zero-order valence-corrected chi connectivity index (χ0v) is 28.9. The van der Waals surface area contributed by atoms with Crippen molar-refractivity contribution in [2.24, 2.45) is 5.92 Å². The molecular weight excluding hydrogens is 640 g/mol.